The molecule has 0 aromatic heterocycles. The number of rotatable bonds is 1. The van der Waals surface area contributed by atoms with Crippen molar-refractivity contribution in [3.8, 4) is 5.75 Å². The number of aromatic carboxylic acids is 1. The van der Waals surface area contributed by atoms with Gasteiger partial charge in [-0.05, 0) is 39.7 Å². The van der Waals surface area contributed by atoms with Crippen molar-refractivity contribution in [3.05, 3.63) is 54.1 Å². The molecule has 3 aromatic rings. The van der Waals surface area contributed by atoms with E-state index in [0.29, 0.717) is 0 Å². The summed E-state index contributed by atoms with van der Waals surface area (Å²) in [6.45, 7) is 0. The van der Waals surface area contributed by atoms with Crippen LogP contribution >= 0.6 is 0 Å². The number of benzene rings is 3. The van der Waals surface area contributed by atoms with Gasteiger partial charge in [-0.1, -0.05) is 36.1 Å². The minimum absolute atomic E-state index is 0. The quantitative estimate of drug-likeness (QED) is 0.493. The molecule has 3 rings (SSSR count). The summed E-state index contributed by atoms with van der Waals surface area (Å²) in [7, 11) is 0. The Hall–Kier alpha value is -0.914. The molecule has 88 valence electrons. The Balaban J connectivity index is 0.00000133. The summed E-state index contributed by atoms with van der Waals surface area (Å²) in [6.07, 6.45) is 0. The summed E-state index contributed by atoms with van der Waals surface area (Å²) < 4.78 is 0. The third-order valence-electron chi connectivity index (χ3n) is 3.03. The molecule has 3 nitrogen and oxygen atoms in total. The van der Waals surface area contributed by atoms with Gasteiger partial charge in [0.1, 0.15) is 0 Å². The van der Waals surface area contributed by atoms with Crippen LogP contribution in [-0.2, 0) is 0 Å². The van der Waals surface area contributed by atoms with Crippen LogP contribution in [0, 0.1) is 0 Å². The molecular weight excluding hydrogens is 267 g/mol. The topological polar surface area (TPSA) is 60.4 Å². The van der Waals surface area contributed by atoms with Crippen LogP contribution in [0.3, 0.4) is 0 Å². The Labute approximate surface area is 152 Å². The van der Waals surface area contributed by atoms with E-state index in [2.05, 4.69) is 0 Å². The van der Waals surface area contributed by atoms with Crippen molar-refractivity contribution in [1.82, 2.24) is 0 Å². The van der Waals surface area contributed by atoms with E-state index in [0.717, 1.165) is 21.5 Å². The van der Waals surface area contributed by atoms with Gasteiger partial charge in [0, 0.05) is 0 Å². The Kier molecular flexibility index (Phi) is 4.28. The maximum absolute atomic E-state index is 11.6. The first kappa shape index (κ1) is 14.5. The van der Waals surface area contributed by atoms with E-state index in [1.54, 1.807) is 0 Å². The SMILES string of the molecule is O=C(O)c1cc2cc3ccccc3cc2cc1[O-].[K+]. The van der Waals surface area contributed by atoms with Crippen LogP contribution in [0.2, 0.25) is 0 Å². The van der Waals surface area contributed by atoms with Crippen LogP contribution in [-0.4, -0.2) is 11.1 Å². The number of fused-ring (bicyclic) bond motifs is 2. The van der Waals surface area contributed by atoms with Gasteiger partial charge in [-0.2, -0.15) is 0 Å². The second-order valence-corrected chi connectivity index (χ2v) is 4.20. The van der Waals surface area contributed by atoms with Crippen molar-refractivity contribution in [2.75, 3.05) is 0 Å². The summed E-state index contributed by atoms with van der Waals surface area (Å²) in [5.41, 5.74) is -0.183. The second kappa shape index (κ2) is 5.60. The Bertz CT molecular complexity index is 781. The number of hydrogen-bond acceptors (Lipinski definition) is 2. The summed E-state index contributed by atoms with van der Waals surface area (Å²) in [6, 6.07) is 14.4. The number of carbonyl (C=O) groups is 1. The van der Waals surface area contributed by atoms with Crippen LogP contribution in [0.5, 0.6) is 5.75 Å². The van der Waals surface area contributed by atoms with Gasteiger partial charge in [0.15, 0.2) is 0 Å². The zero-order valence-corrected chi connectivity index (χ0v) is 13.5. The molecule has 0 aliphatic carbocycles. The van der Waals surface area contributed by atoms with Crippen molar-refractivity contribution in [2.24, 2.45) is 0 Å². The molecule has 0 radical (unpaired) electrons. The molecule has 0 aliphatic rings. The monoisotopic (exact) mass is 276 g/mol. The molecule has 0 spiro atoms. The summed E-state index contributed by atoms with van der Waals surface area (Å²) in [5.74, 6) is -1.64. The first-order chi connectivity index (χ1) is 8.65. The minimum Gasteiger partial charge on any atom is -0.872 e. The molecule has 0 aliphatic heterocycles. The molecule has 0 amide bonds. The molecule has 3 aromatic carbocycles. The summed E-state index contributed by atoms with van der Waals surface area (Å²) in [4.78, 5) is 10.9. The van der Waals surface area contributed by atoms with E-state index in [-0.39, 0.29) is 56.9 Å². The fraction of sp³-hybridized carbons (Fsp3) is 0. The Morgan fingerprint density at radius 2 is 1.42 bits per heavy atom. The van der Waals surface area contributed by atoms with Crippen molar-refractivity contribution in [1.29, 1.82) is 0 Å². The zero-order chi connectivity index (χ0) is 12.7. The van der Waals surface area contributed by atoms with E-state index >= 15 is 0 Å². The first-order valence-electron chi connectivity index (χ1n) is 5.52. The van der Waals surface area contributed by atoms with Gasteiger partial charge in [-0.25, -0.2) is 4.79 Å². The number of hydrogen-bond donors (Lipinski definition) is 1. The van der Waals surface area contributed by atoms with Crippen LogP contribution < -0.4 is 56.5 Å². The predicted octanol–water partition coefficient (Wildman–Crippen LogP) is -0.231. The van der Waals surface area contributed by atoms with Gasteiger partial charge in [0.05, 0.1) is 5.56 Å². The molecule has 1 N–H and O–H groups in total. The van der Waals surface area contributed by atoms with Crippen LogP contribution in [0.1, 0.15) is 10.4 Å². The molecule has 0 heterocycles. The van der Waals surface area contributed by atoms with Crippen molar-refractivity contribution in [2.45, 2.75) is 0 Å². The third-order valence-corrected chi connectivity index (χ3v) is 3.03. The van der Waals surface area contributed by atoms with Gasteiger partial charge in [0.2, 0.25) is 0 Å². The average molecular weight is 276 g/mol. The van der Waals surface area contributed by atoms with E-state index in [4.69, 9.17) is 5.11 Å². The van der Waals surface area contributed by atoms with Crippen molar-refractivity contribution >= 4 is 27.5 Å². The number of carboxylic acid groups (broad SMARTS) is 1. The molecular formula is C15H9KO3. The van der Waals surface area contributed by atoms with Gasteiger partial charge in [-0.15, -0.1) is 0 Å². The molecule has 0 atom stereocenters. The normalized spacial score (nSPS) is 10.3. The van der Waals surface area contributed by atoms with Crippen molar-refractivity contribution in [3.63, 3.8) is 0 Å². The Morgan fingerprint density at radius 3 is 1.95 bits per heavy atom. The maximum atomic E-state index is 11.6. The fourth-order valence-corrected chi connectivity index (χ4v) is 2.14. The summed E-state index contributed by atoms with van der Waals surface area (Å²) >= 11 is 0. The average Bonchev–Trinajstić information content (AvgIpc) is 2.35. The van der Waals surface area contributed by atoms with Crippen LogP contribution in [0.15, 0.2) is 48.5 Å². The van der Waals surface area contributed by atoms with E-state index < -0.39 is 11.7 Å². The van der Waals surface area contributed by atoms with E-state index in [1.165, 1.54) is 12.1 Å². The second-order valence-electron chi connectivity index (χ2n) is 4.20. The zero-order valence-electron chi connectivity index (χ0n) is 10.4. The maximum Gasteiger partial charge on any atom is 1.00 e. The largest absolute Gasteiger partial charge is 1.00 e. The van der Waals surface area contributed by atoms with Crippen molar-refractivity contribution < 1.29 is 66.4 Å². The molecule has 0 unspecified atom stereocenters. The summed E-state index contributed by atoms with van der Waals surface area (Å²) in [5, 5.41) is 24.2. The van der Waals surface area contributed by atoms with Crippen LogP contribution in [0.4, 0.5) is 0 Å². The predicted molar refractivity (Wildman–Crippen MR) is 67.9 cm³/mol. The molecule has 0 saturated carbocycles. The molecule has 0 saturated heterocycles. The van der Waals surface area contributed by atoms with Gasteiger partial charge in [0.25, 0.3) is 0 Å². The fourth-order valence-electron chi connectivity index (χ4n) is 2.14. The van der Waals surface area contributed by atoms with Gasteiger partial charge >= 0.3 is 57.4 Å². The van der Waals surface area contributed by atoms with Gasteiger partial charge < -0.3 is 10.2 Å². The smallest absolute Gasteiger partial charge is 0.872 e. The molecule has 0 fully saturated rings. The Morgan fingerprint density at radius 1 is 0.895 bits per heavy atom. The third kappa shape index (κ3) is 2.68. The van der Waals surface area contributed by atoms with Crippen LogP contribution in [0.25, 0.3) is 21.5 Å². The minimum atomic E-state index is -1.19. The number of carboxylic acids is 1. The molecule has 19 heavy (non-hydrogen) atoms. The standard InChI is InChI=1S/C15H10O3.K/c16-14-8-12-6-10-4-2-1-3-9(10)5-11(12)7-13(14)15(17)18;/h1-8,16H,(H,17,18);/q;+1/p-1. The van der Waals surface area contributed by atoms with Gasteiger partial charge in [-0.3, -0.25) is 0 Å². The first-order valence-corrected chi connectivity index (χ1v) is 5.52. The van der Waals surface area contributed by atoms with E-state index in [1.807, 2.05) is 36.4 Å². The molecule has 4 heteroatoms. The molecule has 0 bridgehead atoms. The van der Waals surface area contributed by atoms with E-state index in [9.17, 15) is 9.90 Å².